The Morgan fingerprint density at radius 2 is 1.77 bits per heavy atom. The Kier molecular flexibility index (Phi) is 5.03. The predicted octanol–water partition coefficient (Wildman–Crippen LogP) is 4.44. The molecular formula is C17H16ClN3O. The summed E-state index contributed by atoms with van der Waals surface area (Å²) in [4.78, 5) is 13.9. The Morgan fingerprint density at radius 1 is 1.18 bits per heavy atom. The zero-order valence-corrected chi connectivity index (χ0v) is 13.1. The topological polar surface area (TPSA) is 56.1 Å². The summed E-state index contributed by atoms with van der Waals surface area (Å²) >= 11 is 5.87. The van der Waals surface area contributed by atoms with Gasteiger partial charge >= 0.3 is 6.03 Å². The highest BCUT2D eigenvalue weighted by Gasteiger charge is 2.17. The number of hydrogen-bond acceptors (Lipinski definition) is 2. The number of hydrogen-bond donors (Lipinski definition) is 1. The zero-order chi connectivity index (χ0) is 16.1. The van der Waals surface area contributed by atoms with Gasteiger partial charge in [0.05, 0.1) is 17.7 Å². The standard InChI is InChI=1S/C17H16ClN3O/c1-12(14-5-7-15(18)8-6-14)21(2)17(22)20-16-9-3-13(11-19)4-10-16/h3-10,12H,1-2H3,(H,20,22). The molecule has 0 bridgehead atoms. The zero-order valence-electron chi connectivity index (χ0n) is 12.4. The highest BCUT2D eigenvalue weighted by molar-refractivity contribution is 6.30. The number of urea groups is 1. The van der Waals surface area contributed by atoms with Gasteiger partial charge in [-0.3, -0.25) is 0 Å². The van der Waals surface area contributed by atoms with E-state index in [4.69, 9.17) is 16.9 Å². The molecule has 1 N–H and O–H groups in total. The van der Waals surface area contributed by atoms with Crippen molar-refractivity contribution in [2.75, 3.05) is 12.4 Å². The third kappa shape index (κ3) is 3.78. The van der Waals surface area contributed by atoms with E-state index >= 15 is 0 Å². The van der Waals surface area contributed by atoms with Gasteiger partial charge in [0.15, 0.2) is 0 Å². The monoisotopic (exact) mass is 313 g/mol. The van der Waals surface area contributed by atoms with Crippen molar-refractivity contribution in [2.24, 2.45) is 0 Å². The Labute approximate surface area is 134 Å². The minimum Gasteiger partial charge on any atom is -0.321 e. The fraction of sp³-hybridized carbons (Fsp3) is 0.176. The summed E-state index contributed by atoms with van der Waals surface area (Å²) in [7, 11) is 1.73. The fourth-order valence-electron chi connectivity index (χ4n) is 1.98. The van der Waals surface area contributed by atoms with Crippen molar-refractivity contribution in [2.45, 2.75) is 13.0 Å². The van der Waals surface area contributed by atoms with E-state index < -0.39 is 0 Å². The van der Waals surface area contributed by atoms with Crippen LogP contribution in [0, 0.1) is 11.3 Å². The highest BCUT2D eigenvalue weighted by atomic mass is 35.5. The van der Waals surface area contributed by atoms with Crippen LogP contribution in [0.4, 0.5) is 10.5 Å². The molecule has 2 rings (SSSR count). The SMILES string of the molecule is CC(c1ccc(Cl)cc1)N(C)C(=O)Nc1ccc(C#N)cc1. The average molecular weight is 314 g/mol. The second-order valence-corrected chi connectivity index (χ2v) is 5.39. The Hall–Kier alpha value is -2.51. The second-order valence-electron chi connectivity index (χ2n) is 4.96. The third-order valence-electron chi connectivity index (χ3n) is 3.52. The van der Waals surface area contributed by atoms with Crippen LogP contribution in [0.2, 0.25) is 5.02 Å². The van der Waals surface area contributed by atoms with Crippen molar-refractivity contribution in [1.29, 1.82) is 5.26 Å². The van der Waals surface area contributed by atoms with Gasteiger partial charge < -0.3 is 10.2 Å². The molecule has 1 unspecified atom stereocenters. The molecule has 2 aromatic carbocycles. The molecule has 2 amide bonds. The van der Waals surface area contributed by atoms with Crippen molar-refractivity contribution >= 4 is 23.3 Å². The lowest BCUT2D eigenvalue weighted by Gasteiger charge is -2.25. The molecule has 0 aliphatic carbocycles. The van der Waals surface area contributed by atoms with Crippen LogP contribution in [0.25, 0.3) is 0 Å². The molecule has 0 fully saturated rings. The number of carbonyl (C=O) groups excluding carboxylic acids is 1. The van der Waals surface area contributed by atoms with E-state index in [0.29, 0.717) is 16.3 Å². The van der Waals surface area contributed by atoms with E-state index in [9.17, 15) is 4.79 Å². The lowest BCUT2D eigenvalue weighted by Crippen LogP contribution is -2.33. The summed E-state index contributed by atoms with van der Waals surface area (Å²) in [5, 5.41) is 12.2. The van der Waals surface area contributed by atoms with Crippen molar-refractivity contribution in [3.8, 4) is 6.07 Å². The van der Waals surface area contributed by atoms with Gasteiger partial charge in [0.25, 0.3) is 0 Å². The summed E-state index contributed by atoms with van der Waals surface area (Å²) in [6.45, 7) is 1.95. The Bertz CT molecular complexity index is 689. The number of halogens is 1. The number of nitrogens with zero attached hydrogens (tertiary/aromatic N) is 2. The maximum atomic E-state index is 12.3. The first-order chi connectivity index (χ1) is 10.5. The van der Waals surface area contributed by atoms with Crippen molar-refractivity contribution in [3.63, 3.8) is 0 Å². The number of amides is 2. The molecule has 0 radical (unpaired) electrons. The summed E-state index contributed by atoms with van der Waals surface area (Å²) in [5.41, 5.74) is 2.21. The summed E-state index contributed by atoms with van der Waals surface area (Å²) in [5.74, 6) is 0. The normalized spacial score (nSPS) is 11.4. The number of rotatable bonds is 3. The molecule has 0 spiro atoms. The van der Waals surface area contributed by atoms with Gasteiger partial charge in [0.1, 0.15) is 0 Å². The minimum atomic E-state index is -0.216. The minimum absolute atomic E-state index is 0.0874. The molecule has 0 saturated carbocycles. The Morgan fingerprint density at radius 3 is 2.32 bits per heavy atom. The van der Waals surface area contributed by atoms with E-state index in [1.807, 2.05) is 25.1 Å². The first-order valence-corrected chi connectivity index (χ1v) is 7.18. The van der Waals surface area contributed by atoms with Crippen molar-refractivity contribution < 1.29 is 4.79 Å². The molecule has 0 aliphatic heterocycles. The molecule has 22 heavy (non-hydrogen) atoms. The van der Waals surface area contributed by atoms with E-state index in [0.717, 1.165) is 5.56 Å². The quantitative estimate of drug-likeness (QED) is 0.911. The molecule has 4 nitrogen and oxygen atoms in total. The smallest absolute Gasteiger partial charge is 0.321 e. The molecule has 0 aliphatic rings. The molecule has 112 valence electrons. The number of carbonyl (C=O) groups is 1. The van der Waals surface area contributed by atoms with E-state index in [1.54, 1.807) is 48.3 Å². The molecule has 1 atom stereocenters. The van der Waals surface area contributed by atoms with Gasteiger partial charge in [-0.2, -0.15) is 5.26 Å². The molecular weight excluding hydrogens is 298 g/mol. The molecule has 0 aromatic heterocycles. The van der Waals surface area contributed by atoms with Crippen molar-refractivity contribution in [3.05, 3.63) is 64.7 Å². The highest BCUT2D eigenvalue weighted by Crippen LogP contribution is 2.21. The van der Waals surface area contributed by atoms with Gasteiger partial charge in [-0.15, -0.1) is 0 Å². The van der Waals surface area contributed by atoms with E-state index in [1.165, 1.54) is 0 Å². The largest absolute Gasteiger partial charge is 0.322 e. The maximum Gasteiger partial charge on any atom is 0.322 e. The van der Waals surface area contributed by atoms with Crippen molar-refractivity contribution in [1.82, 2.24) is 4.90 Å². The molecule has 0 heterocycles. The number of nitrogens with one attached hydrogen (secondary N) is 1. The van der Waals surface area contributed by atoms with Gasteiger partial charge in [-0.05, 0) is 48.9 Å². The first kappa shape index (κ1) is 15.9. The second kappa shape index (κ2) is 6.97. The van der Waals surface area contributed by atoms with Crippen LogP contribution >= 0.6 is 11.6 Å². The van der Waals surface area contributed by atoms with Gasteiger partial charge in [0.2, 0.25) is 0 Å². The van der Waals surface area contributed by atoms with Crippen LogP contribution in [0.1, 0.15) is 24.1 Å². The predicted molar refractivity (Wildman–Crippen MR) is 87.8 cm³/mol. The lowest BCUT2D eigenvalue weighted by molar-refractivity contribution is 0.208. The molecule has 0 saturated heterocycles. The average Bonchev–Trinajstić information content (AvgIpc) is 2.55. The maximum absolute atomic E-state index is 12.3. The van der Waals surface area contributed by atoms with Crippen LogP contribution in [0.3, 0.4) is 0 Å². The summed E-state index contributed by atoms with van der Waals surface area (Å²) in [6, 6.07) is 15.9. The van der Waals surface area contributed by atoms with Crippen LogP contribution in [0.15, 0.2) is 48.5 Å². The van der Waals surface area contributed by atoms with Gasteiger partial charge in [0, 0.05) is 17.8 Å². The number of nitriles is 1. The van der Waals surface area contributed by atoms with E-state index in [-0.39, 0.29) is 12.1 Å². The summed E-state index contributed by atoms with van der Waals surface area (Å²) in [6.07, 6.45) is 0. The molecule has 5 heteroatoms. The first-order valence-electron chi connectivity index (χ1n) is 6.80. The third-order valence-corrected chi connectivity index (χ3v) is 3.77. The van der Waals surface area contributed by atoms with Gasteiger partial charge in [-0.1, -0.05) is 23.7 Å². The fourth-order valence-corrected chi connectivity index (χ4v) is 2.11. The number of anilines is 1. The lowest BCUT2D eigenvalue weighted by atomic mass is 10.1. The summed E-state index contributed by atoms with van der Waals surface area (Å²) < 4.78 is 0. The molecule has 2 aromatic rings. The van der Waals surface area contributed by atoms with Crippen LogP contribution in [-0.4, -0.2) is 18.0 Å². The Balaban J connectivity index is 2.04. The van der Waals surface area contributed by atoms with Crippen LogP contribution in [0.5, 0.6) is 0 Å². The van der Waals surface area contributed by atoms with Crippen LogP contribution < -0.4 is 5.32 Å². The van der Waals surface area contributed by atoms with Crippen LogP contribution in [-0.2, 0) is 0 Å². The van der Waals surface area contributed by atoms with E-state index in [2.05, 4.69) is 5.32 Å². The van der Waals surface area contributed by atoms with Gasteiger partial charge in [-0.25, -0.2) is 4.79 Å². The number of benzene rings is 2.